The maximum atomic E-state index is 5.28. The third-order valence-electron chi connectivity index (χ3n) is 8.34. The number of amidine groups is 1. The van der Waals surface area contributed by atoms with E-state index in [-0.39, 0.29) is 5.92 Å². The molecule has 8 rings (SSSR count). The van der Waals surface area contributed by atoms with Crippen LogP contribution >= 0.6 is 0 Å². The number of anilines is 5. The third kappa shape index (κ3) is 4.18. The van der Waals surface area contributed by atoms with E-state index in [0.717, 1.165) is 40.7 Å². The minimum absolute atomic E-state index is 0.178. The first-order chi connectivity index (χ1) is 20.8. The molecule has 3 heteroatoms. The molecule has 0 aromatic heterocycles. The Hall–Kier alpha value is -5.41. The summed E-state index contributed by atoms with van der Waals surface area (Å²) in [6, 6.07) is 56.1. The molecule has 0 spiro atoms. The zero-order valence-corrected chi connectivity index (χ0v) is 23.1. The molecule has 0 fully saturated rings. The molecule has 2 aliphatic rings. The number of rotatable bonds is 5. The first-order valence-electron chi connectivity index (χ1n) is 14.5. The fourth-order valence-corrected chi connectivity index (χ4v) is 6.35. The molecule has 42 heavy (non-hydrogen) atoms. The molecule has 2 aliphatic heterocycles. The maximum Gasteiger partial charge on any atom is 0.122 e. The van der Waals surface area contributed by atoms with Gasteiger partial charge < -0.3 is 4.90 Å². The Morgan fingerprint density at radius 2 is 1.14 bits per heavy atom. The van der Waals surface area contributed by atoms with Crippen LogP contribution in [0, 0.1) is 0 Å². The number of hydrogen-bond acceptors (Lipinski definition) is 3. The average Bonchev–Trinajstić information content (AvgIpc) is 3.38. The van der Waals surface area contributed by atoms with Crippen LogP contribution in [0.2, 0.25) is 0 Å². The molecule has 200 valence electrons. The number of nitrogens with zero attached hydrogens (tertiary/aromatic N) is 3. The number of aliphatic imine (C=N–C) groups is 1. The quantitative estimate of drug-likeness (QED) is 0.217. The van der Waals surface area contributed by atoms with Gasteiger partial charge in [0, 0.05) is 28.7 Å². The van der Waals surface area contributed by atoms with Gasteiger partial charge in [-0.1, -0.05) is 97.1 Å². The number of hydrogen-bond donors (Lipinski definition) is 0. The van der Waals surface area contributed by atoms with Crippen molar-refractivity contribution in [1.82, 2.24) is 0 Å². The van der Waals surface area contributed by atoms with Gasteiger partial charge in [-0.25, -0.2) is 4.99 Å². The summed E-state index contributed by atoms with van der Waals surface area (Å²) in [6.07, 6.45) is 0.931. The smallest absolute Gasteiger partial charge is 0.122 e. The van der Waals surface area contributed by atoms with Gasteiger partial charge in [-0.2, -0.15) is 0 Å². The van der Waals surface area contributed by atoms with Crippen LogP contribution in [0.15, 0.2) is 163 Å². The molecule has 0 saturated heterocycles. The van der Waals surface area contributed by atoms with E-state index in [1.165, 1.54) is 27.9 Å². The minimum Gasteiger partial charge on any atom is -0.310 e. The number of benzene rings is 6. The van der Waals surface area contributed by atoms with Gasteiger partial charge in [-0.05, 0) is 89.3 Å². The fraction of sp³-hybridized carbons (Fsp3) is 0.0513. The molecule has 6 aromatic rings. The van der Waals surface area contributed by atoms with Gasteiger partial charge in [0.25, 0.3) is 0 Å². The van der Waals surface area contributed by atoms with E-state index >= 15 is 0 Å². The molecule has 0 bridgehead atoms. The zero-order chi connectivity index (χ0) is 27.9. The predicted molar refractivity (Wildman–Crippen MR) is 175 cm³/mol. The molecule has 2 heterocycles. The van der Waals surface area contributed by atoms with Gasteiger partial charge in [0.15, 0.2) is 0 Å². The van der Waals surface area contributed by atoms with E-state index in [0.29, 0.717) is 0 Å². The monoisotopic (exact) mass is 539 g/mol. The Bertz CT molecular complexity index is 1860. The van der Waals surface area contributed by atoms with Crippen molar-refractivity contribution in [2.75, 3.05) is 9.80 Å². The van der Waals surface area contributed by atoms with Crippen LogP contribution < -0.4 is 9.80 Å². The summed E-state index contributed by atoms with van der Waals surface area (Å²) in [6.45, 7) is 0. The highest BCUT2D eigenvalue weighted by Crippen LogP contribution is 2.50. The van der Waals surface area contributed by atoms with Crippen molar-refractivity contribution in [2.45, 2.75) is 12.3 Å². The van der Waals surface area contributed by atoms with E-state index in [1.807, 2.05) is 0 Å². The van der Waals surface area contributed by atoms with Gasteiger partial charge in [0.1, 0.15) is 5.84 Å². The third-order valence-corrected chi connectivity index (χ3v) is 8.34. The molecule has 0 saturated carbocycles. The van der Waals surface area contributed by atoms with Crippen molar-refractivity contribution in [3.8, 4) is 11.1 Å². The van der Waals surface area contributed by atoms with Crippen molar-refractivity contribution >= 4 is 40.0 Å². The van der Waals surface area contributed by atoms with Crippen LogP contribution in [0.25, 0.3) is 11.1 Å². The lowest BCUT2D eigenvalue weighted by Crippen LogP contribution is -2.27. The molecule has 3 nitrogen and oxygen atoms in total. The summed E-state index contributed by atoms with van der Waals surface area (Å²) in [5.74, 6) is 1.27. The van der Waals surface area contributed by atoms with Gasteiger partial charge in [0.2, 0.25) is 0 Å². The summed E-state index contributed by atoms with van der Waals surface area (Å²) in [5.41, 5.74) is 11.9. The van der Waals surface area contributed by atoms with Crippen molar-refractivity contribution in [2.24, 2.45) is 4.99 Å². The van der Waals surface area contributed by atoms with Crippen LogP contribution in [0.4, 0.5) is 34.1 Å². The Morgan fingerprint density at radius 1 is 0.548 bits per heavy atom. The highest BCUT2D eigenvalue weighted by Gasteiger charge is 2.39. The van der Waals surface area contributed by atoms with E-state index in [4.69, 9.17) is 4.99 Å². The van der Waals surface area contributed by atoms with Crippen molar-refractivity contribution < 1.29 is 0 Å². The summed E-state index contributed by atoms with van der Waals surface area (Å²) in [4.78, 5) is 9.98. The standard InChI is InChI=1S/C39H29N3/c1-4-12-28(13-5-1)29-20-22-33(23-21-29)42-38-25-24-34(41(31-15-6-2-7-16-31)32-17-8-3-9-18-32)27-35(38)36-26-30-14-10-11-19-37(30)40-39(36)42/h1-25,27,36H,26H2. The van der Waals surface area contributed by atoms with Crippen LogP contribution in [0.3, 0.4) is 0 Å². The lowest BCUT2D eigenvalue weighted by atomic mass is 9.89. The molecule has 6 aromatic carbocycles. The maximum absolute atomic E-state index is 5.28. The predicted octanol–water partition coefficient (Wildman–Crippen LogP) is 10.3. The van der Waals surface area contributed by atoms with Crippen molar-refractivity contribution in [3.63, 3.8) is 0 Å². The fourth-order valence-electron chi connectivity index (χ4n) is 6.35. The molecule has 1 unspecified atom stereocenters. The highest BCUT2D eigenvalue weighted by molar-refractivity contribution is 6.15. The summed E-state index contributed by atoms with van der Waals surface area (Å²) in [7, 11) is 0. The average molecular weight is 540 g/mol. The number of fused-ring (bicyclic) bond motifs is 4. The lowest BCUT2D eigenvalue weighted by molar-refractivity contribution is 0.874. The Balaban J connectivity index is 1.27. The van der Waals surface area contributed by atoms with Gasteiger partial charge in [0.05, 0.1) is 11.4 Å². The molecule has 1 atom stereocenters. The Kier molecular flexibility index (Phi) is 5.93. The first-order valence-corrected chi connectivity index (χ1v) is 14.5. The zero-order valence-electron chi connectivity index (χ0n) is 23.1. The Labute approximate surface area is 246 Å². The van der Waals surface area contributed by atoms with Crippen LogP contribution in [0.1, 0.15) is 17.0 Å². The van der Waals surface area contributed by atoms with E-state index in [1.54, 1.807) is 0 Å². The largest absolute Gasteiger partial charge is 0.310 e. The van der Waals surface area contributed by atoms with Crippen molar-refractivity contribution in [1.29, 1.82) is 0 Å². The summed E-state index contributed by atoms with van der Waals surface area (Å²) in [5, 5.41) is 0. The van der Waals surface area contributed by atoms with E-state index in [9.17, 15) is 0 Å². The SMILES string of the molecule is c1ccc(-c2ccc(N3C4=Nc5ccccc5CC4c4cc(N(c5ccccc5)c5ccccc5)ccc43)cc2)cc1. The molecule has 0 aliphatic carbocycles. The second-order valence-corrected chi connectivity index (χ2v) is 10.9. The Morgan fingerprint density at radius 3 is 1.83 bits per heavy atom. The molecule has 0 N–H and O–H groups in total. The second kappa shape index (κ2) is 10.2. The summed E-state index contributed by atoms with van der Waals surface area (Å²) >= 11 is 0. The second-order valence-electron chi connectivity index (χ2n) is 10.9. The van der Waals surface area contributed by atoms with Crippen LogP contribution in [-0.2, 0) is 6.42 Å². The van der Waals surface area contributed by atoms with Gasteiger partial charge >= 0.3 is 0 Å². The topological polar surface area (TPSA) is 18.8 Å². The molecular weight excluding hydrogens is 510 g/mol. The normalized spacial score (nSPS) is 14.9. The first kappa shape index (κ1) is 24.4. The van der Waals surface area contributed by atoms with E-state index in [2.05, 4.69) is 168 Å². The minimum atomic E-state index is 0.178. The van der Waals surface area contributed by atoms with E-state index < -0.39 is 0 Å². The number of para-hydroxylation sites is 3. The summed E-state index contributed by atoms with van der Waals surface area (Å²) < 4.78 is 0. The van der Waals surface area contributed by atoms with Crippen LogP contribution in [-0.4, -0.2) is 5.84 Å². The lowest BCUT2D eigenvalue weighted by Gasteiger charge is -2.26. The van der Waals surface area contributed by atoms with Gasteiger partial charge in [-0.15, -0.1) is 0 Å². The molecular formula is C39H29N3. The molecule has 0 radical (unpaired) electrons. The highest BCUT2D eigenvalue weighted by atomic mass is 15.2. The van der Waals surface area contributed by atoms with Crippen molar-refractivity contribution in [3.05, 3.63) is 169 Å². The van der Waals surface area contributed by atoms with Gasteiger partial charge in [-0.3, -0.25) is 4.90 Å². The molecule has 0 amide bonds. The van der Waals surface area contributed by atoms with Crippen LogP contribution in [0.5, 0.6) is 0 Å².